The molecule has 0 amide bonds. The normalized spacial score (nSPS) is 11.0. The predicted octanol–water partition coefficient (Wildman–Crippen LogP) is 3.55. The lowest BCUT2D eigenvalue weighted by Crippen LogP contribution is -2.36. The van der Waals surface area contributed by atoms with E-state index in [4.69, 9.17) is 9.26 Å². The highest BCUT2D eigenvalue weighted by Crippen LogP contribution is 2.22. The number of hydrogen-bond acceptors (Lipinski definition) is 4. The van der Waals surface area contributed by atoms with Gasteiger partial charge in [0.15, 0.2) is 5.96 Å². The first-order valence-electron chi connectivity index (χ1n) is 7.23. The molecule has 1 aromatic carbocycles. The van der Waals surface area contributed by atoms with Gasteiger partial charge in [0.2, 0.25) is 0 Å². The Morgan fingerprint density at radius 3 is 2.58 bits per heavy atom. The number of rotatable bonds is 5. The average molecular weight is 509 g/mol. The number of aliphatic imine (C=N–C) groups is 1. The number of benzene rings is 1. The molecule has 0 radical (unpaired) electrons. The molecule has 0 unspecified atom stereocenters. The van der Waals surface area contributed by atoms with Crippen LogP contribution in [0, 0.1) is 13.8 Å². The molecular weight excluding hydrogens is 487 g/mol. The van der Waals surface area contributed by atoms with E-state index in [9.17, 15) is 0 Å². The second-order valence-electron chi connectivity index (χ2n) is 5.04. The summed E-state index contributed by atoms with van der Waals surface area (Å²) in [5.41, 5.74) is 2.98. The molecule has 0 aliphatic rings. The molecule has 1 heterocycles. The first-order valence-corrected chi connectivity index (χ1v) is 8.03. The van der Waals surface area contributed by atoms with Crippen LogP contribution in [0.25, 0.3) is 0 Å². The molecule has 0 saturated heterocycles. The lowest BCUT2D eigenvalue weighted by atomic mass is 10.2. The van der Waals surface area contributed by atoms with Crippen LogP contribution in [0.2, 0.25) is 0 Å². The third-order valence-electron chi connectivity index (χ3n) is 3.53. The van der Waals surface area contributed by atoms with Gasteiger partial charge in [-0.3, -0.25) is 4.99 Å². The van der Waals surface area contributed by atoms with Gasteiger partial charge in [-0.1, -0.05) is 21.1 Å². The van der Waals surface area contributed by atoms with Crippen LogP contribution in [0.15, 0.2) is 32.2 Å². The molecule has 0 aliphatic carbocycles. The predicted molar refractivity (Wildman–Crippen MR) is 109 cm³/mol. The quantitative estimate of drug-likeness (QED) is 0.367. The summed E-state index contributed by atoms with van der Waals surface area (Å²) in [6.45, 7) is 5.04. The molecule has 6 nitrogen and oxygen atoms in total. The Morgan fingerprint density at radius 1 is 1.29 bits per heavy atom. The second-order valence-corrected chi connectivity index (χ2v) is 5.95. The molecule has 0 saturated carbocycles. The lowest BCUT2D eigenvalue weighted by Gasteiger charge is -2.14. The number of ether oxygens (including phenoxy) is 1. The van der Waals surface area contributed by atoms with E-state index in [1.54, 1.807) is 14.2 Å². The van der Waals surface area contributed by atoms with Crippen molar-refractivity contribution in [2.24, 2.45) is 4.99 Å². The topological polar surface area (TPSA) is 71.7 Å². The van der Waals surface area contributed by atoms with Gasteiger partial charge in [0.1, 0.15) is 11.5 Å². The third kappa shape index (κ3) is 5.37. The monoisotopic (exact) mass is 508 g/mol. The van der Waals surface area contributed by atoms with E-state index in [1.165, 1.54) is 0 Å². The van der Waals surface area contributed by atoms with Crippen molar-refractivity contribution in [3.8, 4) is 5.75 Å². The van der Waals surface area contributed by atoms with Gasteiger partial charge in [0.05, 0.1) is 12.8 Å². The maximum Gasteiger partial charge on any atom is 0.191 e. The van der Waals surface area contributed by atoms with E-state index in [0.717, 1.165) is 32.8 Å². The molecule has 132 valence electrons. The van der Waals surface area contributed by atoms with Gasteiger partial charge >= 0.3 is 0 Å². The minimum Gasteiger partial charge on any atom is -0.496 e. The summed E-state index contributed by atoms with van der Waals surface area (Å²) in [6, 6.07) is 5.90. The van der Waals surface area contributed by atoms with Crippen molar-refractivity contribution in [1.29, 1.82) is 0 Å². The number of halogens is 2. The van der Waals surface area contributed by atoms with Gasteiger partial charge in [-0.05, 0) is 32.0 Å². The summed E-state index contributed by atoms with van der Waals surface area (Å²) < 4.78 is 11.5. The molecule has 2 rings (SSSR count). The van der Waals surface area contributed by atoms with Gasteiger partial charge in [-0.2, -0.15) is 0 Å². The van der Waals surface area contributed by atoms with E-state index in [0.29, 0.717) is 19.0 Å². The van der Waals surface area contributed by atoms with Gasteiger partial charge in [0.25, 0.3) is 0 Å². The molecule has 0 atom stereocenters. The smallest absolute Gasteiger partial charge is 0.191 e. The van der Waals surface area contributed by atoms with Gasteiger partial charge in [-0.25, -0.2) is 0 Å². The fraction of sp³-hybridized carbons (Fsp3) is 0.375. The minimum atomic E-state index is 0. The van der Waals surface area contributed by atoms with E-state index in [-0.39, 0.29) is 24.0 Å². The molecule has 0 bridgehead atoms. The summed E-state index contributed by atoms with van der Waals surface area (Å²) in [4.78, 5) is 4.23. The molecule has 1 aromatic heterocycles. The maximum atomic E-state index is 5.37. The second kappa shape index (κ2) is 9.87. The summed E-state index contributed by atoms with van der Waals surface area (Å²) in [5, 5.41) is 10.5. The highest BCUT2D eigenvalue weighted by molar-refractivity contribution is 14.0. The number of aromatic nitrogens is 1. The third-order valence-corrected chi connectivity index (χ3v) is 4.02. The summed E-state index contributed by atoms with van der Waals surface area (Å²) >= 11 is 3.48. The Hall–Kier alpha value is -1.29. The summed E-state index contributed by atoms with van der Waals surface area (Å²) in [7, 11) is 3.40. The Bertz CT molecular complexity index is 684. The Balaban J connectivity index is 0.00000288. The van der Waals surface area contributed by atoms with Gasteiger partial charge in [0, 0.05) is 35.7 Å². The van der Waals surface area contributed by atoms with Crippen molar-refractivity contribution < 1.29 is 9.26 Å². The molecule has 2 aromatic rings. The zero-order chi connectivity index (χ0) is 16.8. The first kappa shape index (κ1) is 20.8. The molecule has 8 heteroatoms. The fourth-order valence-electron chi connectivity index (χ4n) is 2.21. The van der Waals surface area contributed by atoms with Crippen LogP contribution < -0.4 is 15.4 Å². The van der Waals surface area contributed by atoms with Gasteiger partial charge in [-0.15, -0.1) is 24.0 Å². The number of nitrogens with zero attached hydrogens (tertiary/aromatic N) is 2. The average Bonchev–Trinajstić information content (AvgIpc) is 2.86. The zero-order valence-electron chi connectivity index (χ0n) is 14.1. The highest BCUT2D eigenvalue weighted by Gasteiger charge is 2.10. The number of hydrogen-bond donors (Lipinski definition) is 2. The van der Waals surface area contributed by atoms with E-state index in [1.807, 2.05) is 32.0 Å². The zero-order valence-corrected chi connectivity index (χ0v) is 18.1. The van der Waals surface area contributed by atoms with E-state index >= 15 is 0 Å². The van der Waals surface area contributed by atoms with Crippen LogP contribution in [0.1, 0.15) is 22.6 Å². The molecule has 24 heavy (non-hydrogen) atoms. The van der Waals surface area contributed by atoms with Crippen LogP contribution in [-0.4, -0.2) is 25.3 Å². The Labute approximate surface area is 167 Å². The SMILES string of the molecule is CN=C(NCc1cc(Br)ccc1OC)NCc1c(C)noc1C.I. The molecule has 0 aliphatic heterocycles. The van der Waals surface area contributed by atoms with Crippen LogP contribution >= 0.6 is 39.9 Å². The fourth-order valence-corrected chi connectivity index (χ4v) is 2.62. The van der Waals surface area contributed by atoms with E-state index < -0.39 is 0 Å². The Kier molecular flexibility index (Phi) is 8.54. The van der Waals surface area contributed by atoms with Crippen LogP contribution in [-0.2, 0) is 13.1 Å². The van der Waals surface area contributed by atoms with Crippen molar-refractivity contribution in [3.63, 3.8) is 0 Å². The molecule has 0 spiro atoms. The van der Waals surface area contributed by atoms with Crippen molar-refractivity contribution in [2.75, 3.05) is 14.2 Å². The molecule has 0 fully saturated rings. The Morgan fingerprint density at radius 2 is 2.00 bits per heavy atom. The van der Waals surface area contributed by atoms with Crippen molar-refractivity contribution in [1.82, 2.24) is 15.8 Å². The lowest BCUT2D eigenvalue weighted by molar-refractivity contribution is 0.392. The standard InChI is InChI=1S/C16H21BrN4O2.HI/c1-10-14(11(2)23-21-10)9-20-16(18-3)19-8-12-7-13(17)5-6-15(12)22-4;/h5-7H,8-9H2,1-4H3,(H2,18,19,20);1H. The van der Waals surface area contributed by atoms with E-state index in [2.05, 4.69) is 36.7 Å². The molecule has 2 N–H and O–H groups in total. The maximum absolute atomic E-state index is 5.37. The van der Waals surface area contributed by atoms with Crippen LogP contribution in [0.4, 0.5) is 0 Å². The first-order chi connectivity index (χ1) is 11.0. The number of aryl methyl sites for hydroxylation is 2. The van der Waals surface area contributed by atoms with Crippen LogP contribution in [0.3, 0.4) is 0 Å². The summed E-state index contributed by atoms with van der Waals surface area (Å²) in [5.74, 6) is 2.35. The highest BCUT2D eigenvalue weighted by atomic mass is 127. The molecular formula is C16H22BrIN4O2. The largest absolute Gasteiger partial charge is 0.496 e. The summed E-state index contributed by atoms with van der Waals surface area (Å²) in [6.07, 6.45) is 0. The van der Waals surface area contributed by atoms with Gasteiger partial charge < -0.3 is 19.9 Å². The number of guanidine groups is 1. The number of nitrogens with one attached hydrogen (secondary N) is 2. The minimum absolute atomic E-state index is 0. The van der Waals surface area contributed by atoms with Crippen molar-refractivity contribution in [2.45, 2.75) is 26.9 Å². The van der Waals surface area contributed by atoms with Crippen molar-refractivity contribution >= 4 is 45.9 Å². The number of methoxy groups -OCH3 is 1. The van der Waals surface area contributed by atoms with Crippen molar-refractivity contribution in [3.05, 3.63) is 45.3 Å². The van der Waals surface area contributed by atoms with Crippen LogP contribution in [0.5, 0.6) is 5.75 Å².